The minimum absolute atomic E-state index is 0.0341. The lowest BCUT2D eigenvalue weighted by Crippen LogP contribution is -2.12. The summed E-state index contributed by atoms with van der Waals surface area (Å²) in [5, 5.41) is 0. The van der Waals surface area contributed by atoms with Crippen LogP contribution in [0.4, 0.5) is 0 Å². The minimum Gasteiger partial charge on any atom is -0.464 e. The molecular weight excluding hydrogens is 192 g/mol. The minimum atomic E-state index is -0.977. The number of hydrogen-bond acceptors (Lipinski definition) is 5. The fourth-order valence-corrected chi connectivity index (χ4v) is 0.763. The zero-order valence-corrected chi connectivity index (χ0v) is 8.34. The average Bonchev–Trinajstić information content (AvgIpc) is 2.10. The largest absolute Gasteiger partial charge is 0.464 e. The Morgan fingerprint density at radius 2 is 2.31 bits per heavy atom. The molecule has 5 nitrogen and oxygen atoms in total. The van der Waals surface area contributed by atoms with E-state index in [1.807, 2.05) is 0 Å². The van der Waals surface area contributed by atoms with Crippen LogP contribution < -0.4 is 5.73 Å². The number of carbonyl (C=O) groups is 1. The van der Waals surface area contributed by atoms with E-state index < -0.39 is 16.8 Å². The van der Waals surface area contributed by atoms with Gasteiger partial charge in [-0.15, -0.1) is 0 Å². The number of ether oxygens (including phenoxy) is 1. The van der Waals surface area contributed by atoms with Gasteiger partial charge in [-0.3, -0.25) is 9.20 Å². The summed E-state index contributed by atoms with van der Waals surface area (Å²) in [7, 11) is 0.260. The molecule has 74 valence electrons. The summed E-state index contributed by atoms with van der Waals surface area (Å²) in [6.45, 7) is 0. The lowest BCUT2D eigenvalue weighted by Gasteiger charge is -1.94. The van der Waals surface area contributed by atoms with E-state index in [4.69, 9.17) is 5.73 Å². The smallest absolute Gasteiger partial charge is 0.353 e. The molecule has 13 heavy (non-hydrogen) atoms. The first-order valence-corrected chi connectivity index (χ1v) is 5.14. The van der Waals surface area contributed by atoms with E-state index in [1.165, 1.54) is 25.7 Å². The monoisotopic (exact) mass is 204 g/mol. The second kappa shape index (κ2) is 6.36. The molecule has 0 aliphatic heterocycles. The van der Waals surface area contributed by atoms with Gasteiger partial charge in [-0.2, -0.15) is 0 Å². The Balaban J connectivity index is 4.03. The first-order chi connectivity index (χ1) is 6.07. The van der Waals surface area contributed by atoms with E-state index in [9.17, 15) is 9.00 Å². The molecule has 0 saturated heterocycles. The van der Waals surface area contributed by atoms with Crippen LogP contribution in [0.5, 0.6) is 0 Å². The molecule has 0 bridgehead atoms. The second-order valence-electron chi connectivity index (χ2n) is 2.15. The van der Waals surface area contributed by atoms with Crippen molar-refractivity contribution in [3.05, 3.63) is 11.8 Å². The number of hydrogen-bond donors (Lipinski definition) is 1. The summed E-state index contributed by atoms with van der Waals surface area (Å²) in [4.78, 5) is 14.4. The predicted octanol–water partition coefficient (Wildman–Crippen LogP) is -0.591. The van der Waals surface area contributed by atoms with Crippen LogP contribution in [0.2, 0.25) is 0 Å². The van der Waals surface area contributed by atoms with Gasteiger partial charge in [0.25, 0.3) is 0 Å². The van der Waals surface area contributed by atoms with Crippen molar-refractivity contribution in [2.24, 2.45) is 10.7 Å². The first-order valence-electron chi connectivity index (χ1n) is 3.42. The van der Waals surface area contributed by atoms with Gasteiger partial charge in [0.15, 0.2) is 0 Å². The first kappa shape index (κ1) is 11.8. The van der Waals surface area contributed by atoms with Crippen molar-refractivity contribution in [1.29, 1.82) is 0 Å². The van der Waals surface area contributed by atoms with Gasteiger partial charge >= 0.3 is 5.97 Å². The summed E-state index contributed by atoms with van der Waals surface area (Å²) < 4.78 is 14.9. The molecule has 0 radical (unpaired) electrons. The van der Waals surface area contributed by atoms with Gasteiger partial charge in [-0.1, -0.05) is 0 Å². The third-order valence-electron chi connectivity index (χ3n) is 1.04. The van der Waals surface area contributed by atoms with Gasteiger partial charge in [0.1, 0.15) is 11.6 Å². The predicted molar refractivity (Wildman–Crippen MR) is 51.7 cm³/mol. The molecule has 0 spiro atoms. The quantitative estimate of drug-likeness (QED) is 0.377. The summed E-state index contributed by atoms with van der Waals surface area (Å²) in [5.41, 5.74) is 5.23. The van der Waals surface area contributed by atoms with E-state index in [0.717, 1.165) is 0 Å². The fraction of sp³-hybridized carbons (Fsp3) is 0.429. The molecule has 0 aliphatic rings. The van der Waals surface area contributed by atoms with Crippen LogP contribution in [-0.4, -0.2) is 35.6 Å². The SMILES string of the molecule is COC(=O)/C(N)=C/C=N/CS(C)=O. The molecule has 2 N–H and O–H groups in total. The van der Waals surface area contributed by atoms with Crippen molar-refractivity contribution in [3.8, 4) is 0 Å². The third-order valence-corrected chi connectivity index (χ3v) is 1.55. The third kappa shape index (κ3) is 6.03. The van der Waals surface area contributed by atoms with E-state index in [1.54, 1.807) is 0 Å². The number of methoxy groups -OCH3 is 1. The zero-order valence-electron chi connectivity index (χ0n) is 7.52. The Hall–Kier alpha value is -1.17. The van der Waals surface area contributed by atoms with Crippen LogP contribution >= 0.6 is 0 Å². The number of esters is 1. The van der Waals surface area contributed by atoms with Crippen molar-refractivity contribution >= 4 is 23.0 Å². The van der Waals surface area contributed by atoms with Crippen molar-refractivity contribution < 1.29 is 13.7 Å². The van der Waals surface area contributed by atoms with Crippen molar-refractivity contribution in [2.45, 2.75) is 0 Å². The van der Waals surface area contributed by atoms with Crippen molar-refractivity contribution in [2.75, 3.05) is 19.2 Å². The van der Waals surface area contributed by atoms with E-state index in [-0.39, 0.29) is 11.6 Å². The van der Waals surface area contributed by atoms with Crippen LogP contribution in [0.25, 0.3) is 0 Å². The molecule has 0 fully saturated rings. The van der Waals surface area contributed by atoms with E-state index >= 15 is 0 Å². The molecule has 0 aromatic carbocycles. The highest BCUT2D eigenvalue weighted by atomic mass is 32.2. The van der Waals surface area contributed by atoms with Crippen LogP contribution in [0.1, 0.15) is 0 Å². The topological polar surface area (TPSA) is 81.8 Å². The van der Waals surface area contributed by atoms with Crippen LogP contribution in [-0.2, 0) is 20.3 Å². The van der Waals surface area contributed by atoms with Crippen LogP contribution in [0.3, 0.4) is 0 Å². The van der Waals surface area contributed by atoms with Crippen molar-refractivity contribution in [3.63, 3.8) is 0 Å². The Morgan fingerprint density at radius 1 is 1.69 bits per heavy atom. The molecule has 0 rings (SSSR count). The van der Waals surface area contributed by atoms with Crippen LogP contribution in [0, 0.1) is 0 Å². The van der Waals surface area contributed by atoms with Gasteiger partial charge in [0.2, 0.25) is 0 Å². The summed E-state index contributed by atoms with van der Waals surface area (Å²) in [6, 6.07) is 0. The molecule has 0 aromatic rings. The molecule has 0 aliphatic carbocycles. The standard InChI is InChI=1S/C7H12N2O3S/c1-12-7(10)6(8)3-4-9-5-13(2)11/h3-4H,5,8H2,1-2H3/b6-3-,9-4+. The maximum atomic E-state index is 10.7. The molecule has 0 aromatic heterocycles. The molecule has 0 heterocycles. The molecule has 1 unspecified atom stereocenters. The normalized spacial score (nSPS) is 14.5. The summed E-state index contributed by atoms with van der Waals surface area (Å²) in [6.07, 6.45) is 4.16. The van der Waals surface area contributed by atoms with Gasteiger partial charge in [-0.25, -0.2) is 4.79 Å². The highest BCUT2D eigenvalue weighted by Gasteiger charge is 2.00. The number of rotatable bonds is 4. The number of aliphatic imine (C=N–C) groups is 1. The van der Waals surface area contributed by atoms with Gasteiger partial charge in [-0.05, 0) is 6.08 Å². The number of nitrogens with two attached hydrogens (primary N) is 1. The number of nitrogens with zero attached hydrogens (tertiary/aromatic N) is 1. The van der Waals surface area contributed by atoms with E-state index in [2.05, 4.69) is 9.73 Å². The molecule has 0 saturated carbocycles. The van der Waals surface area contributed by atoms with E-state index in [0.29, 0.717) is 0 Å². The lowest BCUT2D eigenvalue weighted by atomic mass is 10.4. The highest BCUT2D eigenvalue weighted by Crippen LogP contribution is 1.85. The number of carbonyl (C=O) groups excluding carboxylic acids is 1. The maximum absolute atomic E-state index is 10.7. The maximum Gasteiger partial charge on any atom is 0.353 e. The molecule has 1 atom stereocenters. The zero-order chi connectivity index (χ0) is 10.3. The Bertz CT molecular complexity index is 260. The summed E-state index contributed by atoms with van der Waals surface area (Å²) in [5.74, 6) is -0.408. The lowest BCUT2D eigenvalue weighted by molar-refractivity contribution is -0.136. The number of allylic oxidation sites excluding steroid dienone is 1. The second-order valence-corrected chi connectivity index (χ2v) is 3.55. The van der Waals surface area contributed by atoms with Gasteiger partial charge < -0.3 is 10.5 Å². The Morgan fingerprint density at radius 3 is 2.77 bits per heavy atom. The average molecular weight is 204 g/mol. The highest BCUT2D eigenvalue weighted by molar-refractivity contribution is 7.84. The Labute approximate surface area is 79.1 Å². The molecular formula is C7H12N2O3S. The van der Waals surface area contributed by atoms with Gasteiger partial charge in [0, 0.05) is 23.3 Å². The van der Waals surface area contributed by atoms with Crippen molar-refractivity contribution in [1.82, 2.24) is 0 Å². The van der Waals surface area contributed by atoms with Gasteiger partial charge in [0.05, 0.1) is 7.11 Å². The molecule has 6 heteroatoms. The summed E-state index contributed by atoms with van der Waals surface area (Å²) >= 11 is 0. The Kier molecular flexibility index (Phi) is 5.79. The fourth-order valence-electron chi connectivity index (χ4n) is 0.467. The molecule has 0 amide bonds. The van der Waals surface area contributed by atoms with Crippen LogP contribution in [0.15, 0.2) is 16.8 Å².